The molecule has 6 nitrogen and oxygen atoms in total. The smallest absolute Gasteiger partial charge is 0.374 e. The second-order valence-corrected chi connectivity index (χ2v) is 12.7. The number of likely N-dealkylation sites (N-methyl/N-ethyl adjacent to an activating group) is 1. The lowest BCUT2D eigenvalue weighted by Gasteiger charge is -2.30. The molecule has 0 amide bonds. The lowest BCUT2D eigenvalue weighted by molar-refractivity contribution is -0.0118. The van der Waals surface area contributed by atoms with Crippen molar-refractivity contribution < 1.29 is 23.2 Å². The molecule has 0 aromatic carbocycles. The van der Waals surface area contributed by atoms with E-state index in [1.807, 2.05) is 19.0 Å². The minimum atomic E-state index is -4.07. The molecule has 2 saturated carbocycles. The molecule has 2 rings (SSSR count). The van der Waals surface area contributed by atoms with Crippen molar-refractivity contribution in [1.82, 2.24) is 4.90 Å². The van der Waals surface area contributed by atoms with Crippen LogP contribution in [0.4, 0.5) is 0 Å². The van der Waals surface area contributed by atoms with Gasteiger partial charge >= 0.3 is 7.82 Å². The van der Waals surface area contributed by atoms with Crippen molar-refractivity contribution in [3.8, 4) is 0 Å². The zero-order valence-electron chi connectivity index (χ0n) is 23.1. The van der Waals surface area contributed by atoms with Gasteiger partial charge in [-0.15, -0.1) is 0 Å². The quantitative estimate of drug-likeness (QED) is 0.124. The van der Waals surface area contributed by atoms with Crippen LogP contribution >= 0.6 is 7.82 Å². The SMILES string of the molecule is CCCCCCCCCCCCCCOC(COP(=O)(O)OC1CCC2CCCCC21)CN(C)C. The van der Waals surface area contributed by atoms with Crippen molar-refractivity contribution >= 4 is 7.82 Å². The molecule has 1 N–H and O–H groups in total. The maximum absolute atomic E-state index is 12.7. The molecular formula is C28H56NO5P. The van der Waals surface area contributed by atoms with Crippen LogP contribution in [0.1, 0.15) is 122 Å². The molecule has 0 bridgehead atoms. The second-order valence-electron chi connectivity index (χ2n) is 11.3. The lowest BCUT2D eigenvalue weighted by atomic mass is 9.81. The number of fused-ring (bicyclic) bond motifs is 1. The van der Waals surface area contributed by atoms with Crippen molar-refractivity contribution in [1.29, 1.82) is 0 Å². The van der Waals surface area contributed by atoms with Gasteiger partial charge in [-0.2, -0.15) is 0 Å². The fraction of sp³-hybridized carbons (Fsp3) is 1.00. The van der Waals surface area contributed by atoms with Gasteiger partial charge in [0.25, 0.3) is 0 Å². The van der Waals surface area contributed by atoms with E-state index in [0.717, 1.165) is 25.7 Å². The van der Waals surface area contributed by atoms with Gasteiger partial charge < -0.3 is 14.5 Å². The van der Waals surface area contributed by atoms with Gasteiger partial charge in [0.15, 0.2) is 0 Å². The van der Waals surface area contributed by atoms with Crippen LogP contribution in [-0.4, -0.2) is 55.9 Å². The number of unbranched alkanes of at least 4 members (excludes halogenated alkanes) is 11. The Kier molecular flexibility index (Phi) is 16.3. The highest BCUT2D eigenvalue weighted by atomic mass is 31.2. The van der Waals surface area contributed by atoms with Crippen LogP contribution < -0.4 is 0 Å². The maximum atomic E-state index is 12.7. The Labute approximate surface area is 216 Å². The zero-order valence-corrected chi connectivity index (χ0v) is 24.0. The first-order valence-electron chi connectivity index (χ1n) is 14.8. The van der Waals surface area contributed by atoms with Crippen molar-refractivity contribution in [3.63, 3.8) is 0 Å². The van der Waals surface area contributed by atoms with Gasteiger partial charge in [-0.05, 0) is 51.6 Å². The maximum Gasteiger partial charge on any atom is 0.472 e. The summed E-state index contributed by atoms with van der Waals surface area (Å²) >= 11 is 0. The van der Waals surface area contributed by atoms with Crippen LogP contribution in [0.15, 0.2) is 0 Å². The van der Waals surface area contributed by atoms with E-state index in [-0.39, 0.29) is 18.8 Å². The van der Waals surface area contributed by atoms with E-state index in [2.05, 4.69) is 6.92 Å². The van der Waals surface area contributed by atoms with Crippen LogP contribution in [0.5, 0.6) is 0 Å². The molecule has 5 atom stereocenters. The van der Waals surface area contributed by atoms with Gasteiger partial charge in [0.2, 0.25) is 0 Å². The minimum absolute atomic E-state index is 0.0883. The van der Waals surface area contributed by atoms with Crippen LogP contribution in [0.3, 0.4) is 0 Å². The Hall–Kier alpha value is 0.0300. The third-order valence-electron chi connectivity index (χ3n) is 7.88. The van der Waals surface area contributed by atoms with Crippen LogP contribution in [0.25, 0.3) is 0 Å². The van der Waals surface area contributed by atoms with Gasteiger partial charge in [-0.1, -0.05) is 96.8 Å². The summed E-state index contributed by atoms with van der Waals surface area (Å²) < 4.78 is 29.8. The number of phosphoric acid groups is 1. The summed E-state index contributed by atoms with van der Waals surface area (Å²) in [5.74, 6) is 1.08. The van der Waals surface area contributed by atoms with E-state index in [1.165, 1.54) is 89.9 Å². The first-order valence-corrected chi connectivity index (χ1v) is 16.3. The number of phosphoric ester groups is 1. The molecule has 0 heterocycles. The predicted molar refractivity (Wildman–Crippen MR) is 145 cm³/mol. The summed E-state index contributed by atoms with van der Waals surface area (Å²) in [6, 6.07) is 0. The molecule has 2 fully saturated rings. The molecule has 0 aromatic rings. The molecule has 35 heavy (non-hydrogen) atoms. The van der Waals surface area contributed by atoms with Crippen LogP contribution in [0, 0.1) is 11.8 Å². The summed E-state index contributed by atoms with van der Waals surface area (Å²) in [6.07, 6.45) is 22.3. The third-order valence-corrected chi connectivity index (χ3v) is 8.89. The molecule has 0 radical (unpaired) electrons. The fourth-order valence-corrected chi connectivity index (χ4v) is 6.96. The van der Waals surface area contributed by atoms with Crippen molar-refractivity contribution in [3.05, 3.63) is 0 Å². The zero-order chi connectivity index (χ0) is 25.4. The number of ether oxygens (including phenoxy) is 1. The molecule has 7 heteroatoms. The number of rotatable bonds is 21. The number of hydrogen-bond donors (Lipinski definition) is 1. The Morgan fingerprint density at radius 3 is 2.09 bits per heavy atom. The normalized spacial score (nSPS) is 25.0. The molecule has 2 aliphatic carbocycles. The molecular weight excluding hydrogens is 461 g/mol. The van der Waals surface area contributed by atoms with E-state index in [0.29, 0.717) is 25.0 Å². The average molecular weight is 518 g/mol. The van der Waals surface area contributed by atoms with Gasteiger partial charge in [0.1, 0.15) is 0 Å². The minimum Gasteiger partial charge on any atom is -0.374 e. The van der Waals surface area contributed by atoms with Crippen molar-refractivity contribution in [2.24, 2.45) is 11.8 Å². The Morgan fingerprint density at radius 1 is 0.857 bits per heavy atom. The molecule has 0 saturated heterocycles. The number of hydrogen-bond acceptors (Lipinski definition) is 5. The van der Waals surface area contributed by atoms with E-state index in [4.69, 9.17) is 13.8 Å². The van der Waals surface area contributed by atoms with Crippen molar-refractivity contribution in [2.75, 3.05) is 33.9 Å². The average Bonchev–Trinajstić information content (AvgIpc) is 3.22. The third kappa shape index (κ3) is 13.9. The summed E-state index contributed by atoms with van der Waals surface area (Å²) in [5, 5.41) is 0. The molecule has 0 aromatic heterocycles. The predicted octanol–water partition coefficient (Wildman–Crippen LogP) is 7.74. The highest BCUT2D eigenvalue weighted by Crippen LogP contribution is 2.52. The molecule has 5 unspecified atom stereocenters. The fourth-order valence-electron chi connectivity index (χ4n) is 5.94. The first kappa shape index (κ1) is 31.2. The number of nitrogens with zero attached hydrogens (tertiary/aromatic N) is 1. The van der Waals surface area contributed by atoms with E-state index in [9.17, 15) is 9.46 Å². The van der Waals surface area contributed by atoms with Crippen LogP contribution in [0.2, 0.25) is 0 Å². The Morgan fingerprint density at radius 2 is 1.46 bits per heavy atom. The van der Waals surface area contributed by atoms with Gasteiger partial charge in [0.05, 0.1) is 18.8 Å². The first-order chi connectivity index (χ1) is 16.9. The van der Waals surface area contributed by atoms with Gasteiger partial charge in [-0.3, -0.25) is 9.05 Å². The van der Waals surface area contributed by atoms with E-state index < -0.39 is 7.82 Å². The van der Waals surface area contributed by atoms with Crippen LogP contribution in [-0.2, 0) is 18.3 Å². The van der Waals surface area contributed by atoms with Crippen molar-refractivity contribution in [2.45, 2.75) is 135 Å². The summed E-state index contributed by atoms with van der Waals surface area (Å²) in [5.41, 5.74) is 0. The highest BCUT2D eigenvalue weighted by molar-refractivity contribution is 7.47. The summed E-state index contributed by atoms with van der Waals surface area (Å²) in [6.45, 7) is 3.69. The molecule has 0 spiro atoms. The van der Waals surface area contributed by atoms with E-state index >= 15 is 0 Å². The summed E-state index contributed by atoms with van der Waals surface area (Å²) in [4.78, 5) is 12.4. The largest absolute Gasteiger partial charge is 0.472 e. The topological polar surface area (TPSA) is 68.2 Å². The monoisotopic (exact) mass is 517 g/mol. The highest BCUT2D eigenvalue weighted by Gasteiger charge is 2.41. The van der Waals surface area contributed by atoms with E-state index in [1.54, 1.807) is 0 Å². The summed E-state index contributed by atoms with van der Waals surface area (Å²) in [7, 11) is -0.107. The Balaban J connectivity index is 1.55. The van der Waals surface area contributed by atoms with Gasteiger partial charge in [0, 0.05) is 13.2 Å². The standard InChI is InChI=1S/C28H56NO5P/c1-4-5-6-7-8-9-10-11-12-13-14-17-22-32-26(23-29(2)3)24-33-35(30,31)34-28-21-20-25-18-15-16-19-27(25)28/h25-28H,4-24H2,1-3H3,(H,30,31). The molecule has 208 valence electrons. The van der Waals surface area contributed by atoms with Gasteiger partial charge in [-0.25, -0.2) is 4.57 Å². The second kappa shape index (κ2) is 18.3. The lowest BCUT2D eigenvalue weighted by Crippen LogP contribution is -2.32. The molecule has 0 aliphatic heterocycles. The molecule has 2 aliphatic rings. The Bertz CT molecular complexity index is 576.